The Morgan fingerprint density at radius 3 is 1.89 bits per heavy atom. The van der Waals surface area contributed by atoms with Crippen molar-refractivity contribution < 1.29 is 9.05 Å². The van der Waals surface area contributed by atoms with Crippen molar-refractivity contribution in [3.63, 3.8) is 0 Å². The van der Waals surface area contributed by atoms with Crippen LogP contribution in [0.2, 0.25) is 0 Å². The first-order chi connectivity index (χ1) is 4.50. The van der Waals surface area contributed by atoms with Crippen LogP contribution in [-0.2, 0) is 9.05 Å². The van der Waals surface area contributed by atoms with E-state index in [0.29, 0.717) is 0 Å². The first-order valence-corrected chi connectivity index (χ1v) is 4.49. The summed E-state index contributed by atoms with van der Waals surface area (Å²) >= 11 is 0. The van der Waals surface area contributed by atoms with E-state index in [-0.39, 0.29) is 9.03 Å². The molecule has 9 heavy (non-hydrogen) atoms. The molecule has 0 N–H and O–H groups in total. The van der Waals surface area contributed by atoms with Crippen molar-refractivity contribution in [2.24, 2.45) is 0 Å². The summed E-state index contributed by atoms with van der Waals surface area (Å²) in [7, 11) is -0.142. The maximum absolute atomic E-state index is 5.22. The summed E-state index contributed by atoms with van der Waals surface area (Å²) in [5.41, 5.74) is 0. The van der Waals surface area contributed by atoms with Gasteiger partial charge in [-0.15, -0.1) is 0 Å². The minimum atomic E-state index is -0.142. The maximum atomic E-state index is 5.22. The van der Waals surface area contributed by atoms with E-state index >= 15 is 0 Å². The molecule has 1 heterocycles. The van der Waals surface area contributed by atoms with Crippen LogP contribution in [0.3, 0.4) is 0 Å². The van der Waals surface area contributed by atoms with E-state index < -0.39 is 0 Å². The molecule has 0 spiro atoms. The van der Waals surface area contributed by atoms with Crippen LogP contribution in [0.4, 0.5) is 0 Å². The Labute approximate surface area is 57.9 Å². The highest BCUT2D eigenvalue weighted by Crippen LogP contribution is 2.17. The van der Waals surface area contributed by atoms with Crippen molar-refractivity contribution >= 4 is 9.03 Å². The summed E-state index contributed by atoms with van der Waals surface area (Å²) < 4.78 is 10.4. The molecular formula is C6H14O2P+. The van der Waals surface area contributed by atoms with Crippen molar-refractivity contribution in [1.82, 2.24) is 0 Å². The summed E-state index contributed by atoms with van der Waals surface area (Å²) in [4.78, 5) is 0. The molecule has 2 nitrogen and oxygen atoms in total. The van der Waals surface area contributed by atoms with Crippen LogP contribution in [0.15, 0.2) is 0 Å². The number of hydrogen-bond donors (Lipinski definition) is 0. The van der Waals surface area contributed by atoms with Crippen molar-refractivity contribution in [1.29, 1.82) is 0 Å². The second-order valence-corrected chi connectivity index (χ2v) is 3.11. The lowest BCUT2D eigenvalue weighted by Crippen LogP contribution is -1.83. The quantitative estimate of drug-likeness (QED) is 0.489. The number of rotatable bonds is 0. The molecule has 0 atom stereocenters. The second kappa shape index (κ2) is 5.16. The summed E-state index contributed by atoms with van der Waals surface area (Å²) in [6, 6.07) is 0. The molecule has 0 bridgehead atoms. The molecule has 1 saturated heterocycles. The van der Waals surface area contributed by atoms with Crippen LogP contribution in [0, 0.1) is 0 Å². The molecule has 1 aliphatic rings. The predicted octanol–water partition coefficient (Wildman–Crippen LogP) is 1.83. The molecule has 0 unspecified atom stereocenters. The molecule has 1 rings (SSSR count). The van der Waals surface area contributed by atoms with E-state index in [1.165, 1.54) is 25.7 Å². The van der Waals surface area contributed by atoms with E-state index in [0.717, 1.165) is 13.2 Å². The molecule has 1 aliphatic heterocycles. The van der Waals surface area contributed by atoms with Gasteiger partial charge >= 0.3 is 0 Å². The SMILES string of the molecule is C1CCCO[PH2+]OCC1. The number of hydrogen-bond acceptors (Lipinski definition) is 2. The molecule has 0 aromatic heterocycles. The van der Waals surface area contributed by atoms with E-state index in [2.05, 4.69) is 0 Å². The Morgan fingerprint density at radius 1 is 0.778 bits per heavy atom. The lowest BCUT2D eigenvalue weighted by Gasteiger charge is -1.90. The Kier molecular flexibility index (Phi) is 4.28. The highest BCUT2D eigenvalue weighted by molar-refractivity contribution is 7.26. The van der Waals surface area contributed by atoms with Gasteiger partial charge in [0.2, 0.25) is 0 Å². The average molecular weight is 149 g/mol. The van der Waals surface area contributed by atoms with Gasteiger partial charge in [-0.3, -0.25) is 0 Å². The van der Waals surface area contributed by atoms with Crippen LogP contribution in [-0.4, -0.2) is 13.2 Å². The van der Waals surface area contributed by atoms with Crippen LogP contribution in [0.5, 0.6) is 0 Å². The van der Waals surface area contributed by atoms with E-state index in [1.54, 1.807) is 0 Å². The van der Waals surface area contributed by atoms with Gasteiger partial charge in [0.25, 0.3) is 9.03 Å². The Balaban J connectivity index is 2.02. The van der Waals surface area contributed by atoms with Gasteiger partial charge in [0.05, 0.1) is 13.2 Å². The van der Waals surface area contributed by atoms with Crippen molar-refractivity contribution in [2.45, 2.75) is 25.7 Å². The predicted molar refractivity (Wildman–Crippen MR) is 40.1 cm³/mol. The van der Waals surface area contributed by atoms with Gasteiger partial charge in [0.1, 0.15) is 0 Å². The molecule has 3 heteroatoms. The van der Waals surface area contributed by atoms with Crippen LogP contribution < -0.4 is 0 Å². The molecule has 0 aromatic carbocycles. The summed E-state index contributed by atoms with van der Waals surface area (Å²) in [6.45, 7) is 1.82. The third-order valence-electron chi connectivity index (χ3n) is 1.41. The lowest BCUT2D eigenvalue weighted by atomic mass is 10.2. The van der Waals surface area contributed by atoms with Gasteiger partial charge in [-0.05, 0) is 12.8 Å². The van der Waals surface area contributed by atoms with E-state index in [4.69, 9.17) is 9.05 Å². The zero-order valence-electron chi connectivity index (χ0n) is 5.64. The third-order valence-corrected chi connectivity index (χ3v) is 2.15. The fraction of sp³-hybridized carbons (Fsp3) is 1.00. The Morgan fingerprint density at radius 2 is 1.33 bits per heavy atom. The average Bonchev–Trinajstić information content (AvgIpc) is 2.00. The second-order valence-electron chi connectivity index (χ2n) is 2.25. The van der Waals surface area contributed by atoms with Crippen LogP contribution in [0.25, 0.3) is 0 Å². The minimum absolute atomic E-state index is 0.142. The molecule has 54 valence electrons. The zero-order valence-corrected chi connectivity index (χ0v) is 6.79. The van der Waals surface area contributed by atoms with Gasteiger partial charge in [-0.2, -0.15) is 0 Å². The van der Waals surface area contributed by atoms with Crippen LogP contribution in [0.1, 0.15) is 25.7 Å². The molecule has 0 saturated carbocycles. The molecule has 0 amide bonds. The third kappa shape index (κ3) is 3.85. The Bertz CT molecular complexity index is 39.5. The molecule has 0 radical (unpaired) electrons. The topological polar surface area (TPSA) is 18.5 Å². The Hall–Kier alpha value is 0.350. The molecular weight excluding hydrogens is 135 g/mol. The maximum Gasteiger partial charge on any atom is 0.250 e. The summed E-state index contributed by atoms with van der Waals surface area (Å²) in [5, 5.41) is 0. The van der Waals surface area contributed by atoms with Gasteiger partial charge in [-0.25, -0.2) is 9.05 Å². The van der Waals surface area contributed by atoms with E-state index in [9.17, 15) is 0 Å². The standard InChI is InChI=1S/C6H14O2P/c1-2-4-6-8-9-7-5-3-1/h1-6,9H2/q+1. The van der Waals surface area contributed by atoms with Crippen molar-refractivity contribution in [3.8, 4) is 0 Å². The fourth-order valence-corrected chi connectivity index (χ4v) is 1.49. The van der Waals surface area contributed by atoms with E-state index in [1.807, 2.05) is 0 Å². The smallest absolute Gasteiger partial charge is 0.212 e. The monoisotopic (exact) mass is 149 g/mol. The van der Waals surface area contributed by atoms with Gasteiger partial charge in [0.15, 0.2) is 0 Å². The summed E-state index contributed by atoms with van der Waals surface area (Å²) in [6.07, 6.45) is 5.05. The molecule has 0 aliphatic carbocycles. The fourth-order valence-electron chi connectivity index (χ4n) is 0.869. The molecule has 0 aromatic rings. The highest BCUT2D eigenvalue weighted by Gasteiger charge is 2.00. The van der Waals surface area contributed by atoms with Crippen LogP contribution >= 0.6 is 9.03 Å². The first kappa shape index (κ1) is 7.46. The minimum Gasteiger partial charge on any atom is -0.212 e. The molecule has 1 fully saturated rings. The largest absolute Gasteiger partial charge is 0.250 e. The van der Waals surface area contributed by atoms with Crippen molar-refractivity contribution in [3.05, 3.63) is 0 Å². The van der Waals surface area contributed by atoms with Gasteiger partial charge < -0.3 is 0 Å². The van der Waals surface area contributed by atoms with Gasteiger partial charge in [0, 0.05) is 0 Å². The summed E-state index contributed by atoms with van der Waals surface area (Å²) in [5.74, 6) is 0. The highest BCUT2D eigenvalue weighted by atomic mass is 31.1. The normalized spacial score (nSPS) is 24.0. The van der Waals surface area contributed by atoms with Crippen molar-refractivity contribution in [2.75, 3.05) is 13.2 Å². The first-order valence-electron chi connectivity index (χ1n) is 3.55. The lowest BCUT2D eigenvalue weighted by molar-refractivity contribution is 0.274. The zero-order chi connectivity index (χ0) is 6.36. The van der Waals surface area contributed by atoms with Gasteiger partial charge in [-0.1, -0.05) is 12.8 Å².